The van der Waals surface area contributed by atoms with Crippen LogP contribution < -0.4 is 10.1 Å². The summed E-state index contributed by atoms with van der Waals surface area (Å²) in [5.41, 5.74) is 1.06. The van der Waals surface area contributed by atoms with Crippen LogP contribution in [0.25, 0.3) is 11.1 Å². The molecule has 2 unspecified atom stereocenters. The number of piperidine rings is 1. The van der Waals surface area contributed by atoms with Crippen molar-refractivity contribution in [2.24, 2.45) is 13.0 Å². The first-order valence-corrected chi connectivity index (χ1v) is 11.8. The molecule has 1 saturated heterocycles. The third-order valence-corrected chi connectivity index (χ3v) is 6.42. The summed E-state index contributed by atoms with van der Waals surface area (Å²) in [5.74, 6) is -5.32. The molecule has 0 saturated carbocycles. The highest BCUT2D eigenvalue weighted by atomic mass is 19.4. The number of ether oxygens (including phenoxy) is 1. The van der Waals surface area contributed by atoms with Crippen molar-refractivity contribution in [2.75, 3.05) is 25.5 Å². The Hall–Kier alpha value is -3.77. The molecule has 4 rings (SSSR count). The van der Waals surface area contributed by atoms with Gasteiger partial charge >= 0.3 is 6.18 Å². The minimum Gasteiger partial charge on any atom is -0.480 e. The summed E-state index contributed by atoms with van der Waals surface area (Å²) in [6.07, 6.45) is -2.94. The molecule has 13 heteroatoms. The average molecular weight is 539 g/mol. The number of nitrogens with zero attached hydrogens (tertiary/aromatic N) is 5. The second kappa shape index (κ2) is 10.2. The van der Waals surface area contributed by atoms with Crippen molar-refractivity contribution in [2.45, 2.75) is 38.4 Å². The normalized spacial score (nSPS) is 19.3. The summed E-state index contributed by atoms with van der Waals surface area (Å²) in [6, 6.07) is 6.66. The molecule has 1 aliphatic heterocycles. The molecule has 1 aliphatic rings. The van der Waals surface area contributed by atoms with Gasteiger partial charge in [-0.15, -0.1) is 0 Å². The van der Waals surface area contributed by atoms with Gasteiger partial charge in [0, 0.05) is 38.0 Å². The predicted octanol–water partition coefficient (Wildman–Crippen LogP) is 4.81. The Morgan fingerprint density at radius 1 is 1.29 bits per heavy atom. The number of nitrogens with one attached hydrogen (secondary N) is 1. The summed E-state index contributed by atoms with van der Waals surface area (Å²) in [5, 5.41) is 7.07. The Bertz CT molecular complexity index is 1330. The number of methoxy groups -OCH3 is 1. The Kier molecular flexibility index (Phi) is 7.31. The molecule has 2 atom stereocenters. The van der Waals surface area contributed by atoms with E-state index in [1.54, 1.807) is 20.2 Å². The van der Waals surface area contributed by atoms with Gasteiger partial charge in [0.15, 0.2) is 5.69 Å². The fraction of sp³-hybridized carbons (Fsp3) is 0.440. The van der Waals surface area contributed by atoms with Crippen LogP contribution in [0.3, 0.4) is 0 Å². The second-order valence-electron chi connectivity index (χ2n) is 9.47. The van der Waals surface area contributed by atoms with Gasteiger partial charge in [-0.3, -0.25) is 9.48 Å². The van der Waals surface area contributed by atoms with Gasteiger partial charge in [0.1, 0.15) is 5.56 Å². The molecule has 1 N–H and O–H groups in total. The van der Waals surface area contributed by atoms with Crippen LogP contribution in [0.15, 0.2) is 36.7 Å². The van der Waals surface area contributed by atoms with Crippen LogP contribution in [0, 0.1) is 12.8 Å². The summed E-state index contributed by atoms with van der Waals surface area (Å²) in [6.45, 7) is 2.58. The number of likely N-dealkylation sites (tertiary alicyclic amines) is 1. The van der Waals surface area contributed by atoms with Crippen molar-refractivity contribution in [3.63, 3.8) is 0 Å². The Labute approximate surface area is 215 Å². The number of amides is 1. The Morgan fingerprint density at radius 3 is 2.68 bits per heavy atom. The molecule has 1 amide bonds. The molecule has 0 radical (unpaired) electrons. The number of halogens is 5. The van der Waals surface area contributed by atoms with Gasteiger partial charge in [0.2, 0.25) is 11.8 Å². The predicted molar refractivity (Wildman–Crippen MR) is 129 cm³/mol. The van der Waals surface area contributed by atoms with Crippen molar-refractivity contribution in [3.05, 3.63) is 53.5 Å². The standard InChI is InChI=1S/C25H27F5N6O2/c1-14-6-5-7-16(8-14)17-12-35(3)34-20(17)22(37)36-13-24(26,27)9-15(2)19(36)11-32-23-31-10-18(25(28,29)30)21(33-23)38-4/h5-8,10,12,15,19H,9,11,13H2,1-4H3,(H,31,32,33). The Morgan fingerprint density at radius 2 is 2.03 bits per heavy atom. The van der Waals surface area contributed by atoms with Crippen molar-refractivity contribution >= 4 is 11.9 Å². The molecule has 3 aromatic rings. The van der Waals surface area contributed by atoms with Gasteiger partial charge in [0.25, 0.3) is 11.8 Å². The summed E-state index contributed by atoms with van der Waals surface area (Å²) < 4.78 is 75.0. The number of anilines is 1. The topological polar surface area (TPSA) is 85.2 Å². The number of alkyl halides is 5. The lowest BCUT2D eigenvalue weighted by Gasteiger charge is -2.43. The zero-order valence-corrected chi connectivity index (χ0v) is 21.2. The number of benzene rings is 1. The lowest BCUT2D eigenvalue weighted by Crippen LogP contribution is -2.57. The van der Waals surface area contributed by atoms with Gasteiger partial charge in [0.05, 0.1) is 19.7 Å². The summed E-state index contributed by atoms with van der Waals surface area (Å²) in [7, 11) is 2.68. The quantitative estimate of drug-likeness (QED) is 0.454. The molecular weight excluding hydrogens is 511 g/mol. The fourth-order valence-electron chi connectivity index (χ4n) is 4.68. The molecule has 8 nitrogen and oxygen atoms in total. The van der Waals surface area contributed by atoms with E-state index in [0.29, 0.717) is 11.8 Å². The van der Waals surface area contributed by atoms with E-state index in [2.05, 4.69) is 20.4 Å². The van der Waals surface area contributed by atoms with Crippen LogP contribution in [-0.2, 0) is 13.2 Å². The van der Waals surface area contributed by atoms with Gasteiger partial charge in [-0.1, -0.05) is 36.8 Å². The maximum Gasteiger partial charge on any atom is 0.423 e. The fourth-order valence-corrected chi connectivity index (χ4v) is 4.68. The Balaban J connectivity index is 1.63. The smallest absolute Gasteiger partial charge is 0.423 e. The highest BCUT2D eigenvalue weighted by Crippen LogP contribution is 2.37. The lowest BCUT2D eigenvalue weighted by atomic mass is 9.88. The van der Waals surface area contributed by atoms with Crippen molar-refractivity contribution in [3.8, 4) is 17.0 Å². The number of hydrogen-bond donors (Lipinski definition) is 1. The first kappa shape index (κ1) is 27.3. The van der Waals surface area contributed by atoms with Gasteiger partial charge in [-0.2, -0.15) is 23.3 Å². The molecule has 0 spiro atoms. The molecule has 204 valence electrons. The van der Waals surface area contributed by atoms with E-state index in [-0.39, 0.29) is 18.2 Å². The maximum absolute atomic E-state index is 14.7. The van der Waals surface area contributed by atoms with Crippen molar-refractivity contribution < 1.29 is 31.5 Å². The van der Waals surface area contributed by atoms with Crippen LogP contribution in [0.4, 0.5) is 27.9 Å². The van der Waals surface area contributed by atoms with Gasteiger partial charge < -0.3 is 15.0 Å². The number of hydrogen-bond acceptors (Lipinski definition) is 6. The highest BCUT2D eigenvalue weighted by molar-refractivity contribution is 5.99. The third-order valence-electron chi connectivity index (χ3n) is 6.42. The van der Waals surface area contributed by atoms with Crippen LogP contribution in [0.1, 0.15) is 35.0 Å². The summed E-state index contributed by atoms with van der Waals surface area (Å²) >= 11 is 0. The molecule has 0 aliphatic carbocycles. The van der Waals surface area contributed by atoms with Gasteiger partial charge in [-0.25, -0.2) is 13.8 Å². The zero-order chi connectivity index (χ0) is 27.8. The number of aryl methyl sites for hydroxylation is 2. The number of carbonyl (C=O) groups is 1. The zero-order valence-electron chi connectivity index (χ0n) is 21.2. The molecular formula is C25H27F5N6O2. The van der Waals surface area contributed by atoms with E-state index in [1.165, 1.54) is 4.68 Å². The molecule has 38 heavy (non-hydrogen) atoms. The van der Waals surface area contributed by atoms with E-state index >= 15 is 0 Å². The first-order valence-electron chi connectivity index (χ1n) is 11.8. The van der Waals surface area contributed by atoms with Crippen LogP contribution in [-0.4, -0.2) is 62.7 Å². The molecule has 1 fully saturated rings. The molecule has 2 aromatic heterocycles. The van der Waals surface area contributed by atoms with Crippen molar-refractivity contribution in [1.82, 2.24) is 24.6 Å². The van der Waals surface area contributed by atoms with E-state index in [4.69, 9.17) is 4.74 Å². The van der Waals surface area contributed by atoms with E-state index in [0.717, 1.165) is 23.1 Å². The second-order valence-corrected chi connectivity index (χ2v) is 9.47. The monoisotopic (exact) mass is 538 g/mol. The van der Waals surface area contributed by atoms with Crippen LogP contribution in [0.2, 0.25) is 0 Å². The number of carbonyl (C=O) groups excluding carboxylic acids is 1. The first-order chi connectivity index (χ1) is 17.8. The lowest BCUT2D eigenvalue weighted by molar-refractivity contribution is -0.139. The highest BCUT2D eigenvalue weighted by Gasteiger charge is 2.47. The SMILES string of the molecule is COc1nc(NCC2C(C)CC(F)(F)CN2C(=O)c2nn(C)cc2-c2cccc(C)c2)ncc1C(F)(F)F. The minimum atomic E-state index is -4.71. The molecule has 1 aromatic carbocycles. The van der Waals surface area contributed by atoms with Crippen LogP contribution in [0.5, 0.6) is 5.88 Å². The third kappa shape index (κ3) is 5.70. The van der Waals surface area contributed by atoms with Crippen LogP contribution >= 0.6 is 0 Å². The number of aromatic nitrogens is 4. The molecule has 0 bridgehead atoms. The van der Waals surface area contributed by atoms with E-state index < -0.39 is 54.4 Å². The minimum absolute atomic E-state index is 0.0282. The van der Waals surface area contributed by atoms with E-state index in [1.807, 2.05) is 31.2 Å². The number of rotatable bonds is 6. The van der Waals surface area contributed by atoms with Crippen molar-refractivity contribution in [1.29, 1.82) is 0 Å². The molecule has 3 heterocycles. The van der Waals surface area contributed by atoms with E-state index in [9.17, 15) is 26.7 Å². The van der Waals surface area contributed by atoms with Gasteiger partial charge in [-0.05, 0) is 18.4 Å². The maximum atomic E-state index is 14.7. The average Bonchev–Trinajstić information content (AvgIpc) is 3.23. The largest absolute Gasteiger partial charge is 0.480 e. The summed E-state index contributed by atoms with van der Waals surface area (Å²) in [4.78, 5) is 22.2.